The topological polar surface area (TPSA) is 373 Å². The molecule has 0 aromatic heterocycles. The maximum atomic E-state index is 13.3. The molecule has 3 rings (SSSR count). The number of allylic oxidation sites excluding steroid dienone is 1. The van der Waals surface area contributed by atoms with Crippen molar-refractivity contribution < 1.29 is 117 Å². The van der Waals surface area contributed by atoms with Crippen LogP contribution in [0.5, 0.6) is 0 Å². The maximum Gasteiger partial charge on any atom is 0.471 e. The number of carbonyl (C=O) groups excluding carboxylic acids is 2. The minimum absolute atomic E-state index is 0.466. The fourth-order valence-corrected chi connectivity index (χ4v) is 8.26. The number of carboxylic acid groups (broad SMARTS) is 1. The van der Waals surface area contributed by atoms with Gasteiger partial charge in [-0.25, -0.2) is 4.79 Å². The smallest absolute Gasteiger partial charge is 0.471 e. The number of aliphatic hydroxyl groups excluding tert-OH is 11. The van der Waals surface area contributed by atoms with E-state index in [9.17, 15) is 88.8 Å². The van der Waals surface area contributed by atoms with Crippen molar-refractivity contribution >= 4 is 17.8 Å². The lowest BCUT2D eigenvalue weighted by Gasteiger charge is -2.50. The Morgan fingerprint density at radius 3 is 1.91 bits per heavy atom. The molecular formula is C43H73F3N2O21. The molecule has 402 valence electrons. The van der Waals surface area contributed by atoms with Gasteiger partial charge in [-0.1, -0.05) is 83.3 Å². The quantitative estimate of drug-likeness (QED) is 0.0271. The van der Waals surface area contributed by atoms with Gasteiger partial charge < -0.3 is 100 Å². The zero-order valence-electron chi connectivity index (χ0n) is 38.7. The first-order valence-electron chi connectivity index (χ1n) is 23.3. The van der Waals surface area contributed by atoms with Crippen LogP contribution in [-0.2, 0) is 42.8 Å². The molecule has 23 nitrogen and oxygen atoms in total. The lowest BCUT2D eigenvalue weighted by atomic mass is 9.88. The Hall–Kier alpha value is -2.74. The second kappa shape index (κ2) is 29.1. The lowest BCUT2D eigenvalue weighted by Crippen LogP contribution is -2.70. The molecule has 3 aliphatic rings. The highest BCUT2D eigenvalue weighted by atomic mass is 19.4. The highest BCUT2D eigenvalue weighted by Gasteiger charge is 2.60. The third kappa shape index (κ3) is 17.5. The standard InChI is InChI=1S/C43H73F3N2O21/c1-3-4-5-6-7-8-9-10-11-12-13-14-15-16-24(53)23(48-40(61)43(44,45)46)21-64-38-33(59)32(58)35(28(20-51)66-38)67-39-34(60)37(31(57)27(19-50)65-39)69-42(41(62)63)17-25(54)29(47-22(2)52)36(68-42)30(56)26(55)18-49/h15-16,23-39,49-51,53-60H,3-14,17-21H2,1-2H3,(H,47,52)(H,48,61)(H,62,63)/b16-15+/t23-,24+,25-,26+,27+,28+,29+,30+,31-,32+,33+,34+,35+,36+,37-,38+,39-,42-/m0/s1. The van der Waals surface area contributed by atoms with Crippen LogP contribution in [0.1, 0.15) is 97.3 Å². The van der Waals surface area contributed by atoms with E-state index in [0.29, 0.717) is 6.42 Å². The largest absolute Gasteiger partial charge is 0.477 e. The number of amides is 2. The predicted molar refractivity (Wildman–Crippen MR) is 228 cm³/mol. The Morgan fingerprint density at radius 1 is 0.797 bits per heavy atom. The van der Waals surface area contributed by atoms with Crippen LogP contribution in [0.15, 0.2) is 12.2 Å². The normalized spacial score (nSPS) is 33.9. The van der Waals surface area contributed by atoms with Gasteiger partial charge in [0.2, 0.25) is 5.91 Å². The van der Waals surface area contributed by atoms with Gasteiger partial charge in [0, 0.05) is 13.3 Å². The average Bonchev–Trinajstić information content (AvgIpc) is 3.30. The summed E-state index contributed by atoms with van der Waals surface area (Å²) in [6.07, 6.45) is -21.9. The second-order valence-corrected chi connectivity index (χ2v) is 17.6. The van der Waals surface area contributed by atoms with Gasteiger partial charge >= 0.3 is 18.1 Å². The van der Waals surface area contributed by atoms with Crippen LogP contribution in [0.25, 0.3) is 0 Å². The maximum absolute atomic E-state index is 13.3. The van der Waals surface area contributed by atoms with Gasteiger partial charge in [0.25, 0.3) is 5.79 Å². The van der Waals surface area contributed by atoms with Gasteiger partial charge in [-0.3, -0.25) is 9.59 Å². The van der Waals surface area contributed by atoms with Gasteiger partial charge in [0.05, 0.1) is 50.7 Å². The Balaban J connectivity index is 1.72. The van der Waals surface area contributed by atoms with E-state index in [0.717, 1.165) is 45.4 Å². The Kier molecular flexibility index (Phi) is 25.5. The van der Waals surface area contributed by atoms with E-state index in [-0.39, 0.29) is 0 Å². The molecule has 2 amide bonds. The van der Waals surface area contributed by atoms with E-state index in [1.165, 1.54) is 44.3 Å². The van der Waals surface area contributed by atoms with E-state index in [2.05, 4.69) is 12.2 Å². The monoisotopic (exact) mass is 1010 g/mol. The molecular weight excluding hydrogens is 937 g/mol. The van der Waals surface area contributed by atoms with Crippen LogP contribution >= 0.6 is 0 Å². The van der Waals surface area contributed by atoms with Crippen LogP contribution in [0.2, 0.25) is 0 Å². The first kappa shape index (κ1) is 60.6. The van der Waals surface area contributed by atoms with E-state index in [1.54, 1.807) is 5.32 Å². The van der Waals surface area contributed by atoms with Crippen LogP contribution in [-0.4, -0.2) is 221 Å². The summed E-state index contributed by atoms with van der Waals surface area (Å²) in [5.74, 6) is -8.41. The molecule has 0 unspecified atom stereocenters. The van der Waals surface area contributed by atoms with Crippen LogP contribution in [0, 0.1) is 0 Å². The minimum Gasteiger partial charge on any atom is -0.477 e. The number of halogens is 3. The summed E-state index contributed by atoms with van der Waals surface area (Å²) in [5.41, 5.74) is 0. The molecule has 3 fully saturated rings. The molecule has 0 saturated carbocycles. The minimum atomic E-state index is -5.37. The first-order valence-corrected chi connectivity index (χ1v) is 23.3. The summed E-state index contributed by atoms with van der Waals surface area (Å²) in [6, 6.07) is -3.41. The summed E-state index contributed by atoms with van der Waals surface area (Å²) < 4.78 is 73.2. The molecule has 26 heteroatoms. The second-order valence-electron chi connectivity index (χ2n) is 17.6. The van der Waals surface area contributed by atoms with Crippen molar-refractivity contribution in [2.75, 3.05) is 26.4 Å². The number of nitrogens with one attached hydrogen (secondary N) is 2. The molecule has 0 radical (unpaired) electrons. The number of ether oxygens (including phenoxy) is 6. The van der Waals surface area contributed by atoms with E-state index in [1.807, 2.05) is 0 Å². The Morgan fingerprint density at radius 2 is 1.38 bits per heavy atom. The number of carbonyl (C=O) groups is 3. The number of alkyl halides is 3. The molecule has 3 heterocycles. The van der Waals surface area contributed by atoms with E-state index >= 15 is 0 Å². The summed E-state index contributed by atoms with van der Waals surface area (Å²) in [7, 11) is 0. The molecule has 0 aromatic rings. The van der Waals surface area contributed by atoms with Crippen molar-refractivity contribution in [1.29, 1.82) is 0 Å². The molecule has 3 aliphatic heterocycles. The van der Waals surface area contributed by atoms with Crippen LogP contribution < -0.4 is 10.6 Å². The van der Waals surface area contributed by atoms with Crippen LogP contribution in [0.3, 0.4) is 0 Å². The Labute approximate surface area is 397 Å². The SMILES string of the molecule is CCCCCCCCCCCCC/C=C/[C@@H](O)[C@H](CO[C@@H]1O[C@H](CO)[C@@H](O[C@@H]2O[C@H](CO)[C@H](O)[C@H](O[C@]3(C(=O)O)C[C@H](O)[C@@H](NC(C)=O)[C@H]([C@H](O)[C@H](O)CO)O3)[C@H]2O)[C@H](O)[C@H]1O)NC(=O)C(F)(F)F. The molecule has 14 N–H and O–H groups in total. The number of aliphatic hydroxyl groups is 11. The third-order valence-corrected chi connectivity index (χ3v) is 12.2. The highest BCUT2D eigenvalue weighted by molar-refractivity contribution is 5.82. The molecule has 69 heavy (non-hydrogen) atoms. The third-order valence-electron chi connectivity index (χ3n) is 12.2. The fraction of sp³-hybridized carbons (Fsp3) is 0.884. The van der Waals surface area contributed by atoms with Gasteiger partial charge in [0.1, 0.15) is 67.1 Å². The number of unbranched alkanes of at least 4 members (excludes halogenated alkanes) is 11. The number of carboxylic acids is 1. The Bertz CT molecular complexity index is 1570. The average molecular weight is 1010 g/mol. The van der Waals surface area contributed by atoms with Crippen molar-refractivity contribution in [3.05, 3.63) is 12.2 Å². The highest BCUT2D eigenvalue weighted by Crippen LogP contribution is 2.38. The fourth-order valence-electron chi connectivity index (χ4n) is 8.26. The number of hydrogen-bond acceptors (Lipinski definition) is 20. The molecule has 0 aromatic carbocycles. The molecule has 0 aliphatic carbocycles. The summed E-state index contributed by atoms with van der Waals surface area (Å²) in [5, 5.41) is 132. The van der Waals surface area contributed by atoms with Crippen molar-refractivity contribution in [2.45, 2.75) is 213 Å². The molecule has 18 atom stereocenters. The predicted octanol–water partition coefficient (Wildman–Crippen LogP) is -2.53. The molecule has 3 saturated heterocycles. The lowest BCUT2D eigenvalue weighted by molar-refractivity contribution is -0.386. The summed E-state index contributed by atoms with van der Waals surface area (Å²) in [6.45, 7) is -1.03. The molecule has 0 spiro atoms. The number of rotatable bonds is 29. The molecule has 0 bridgehead atoms. The summed E-state index contributed by atoms with van der Waals surface area (Å²) in [4.78, 5) is 36.7. The van der Waals surface area contributed by atoms with E-state index in [4.69, 9.17) is 28.4 Å². The van der Waals surface area contributed by atoms with Gasteiger partial charge in [-0.2, -0.15) is 13.2 Å². The van der Waals surface area contributed by atoms with Gasteiger partial charge in [-0.15, -0.1) is 0 Å². The van der Waals surface area contributed by atoms with Crippen molar-refractivity contribution in [1.82, 2.24) is 10.6 Å². The first-order chi connectivity index (χ1) is 32.6. The number of aliphatic carboxylic acids is 1. The van der Waals surface area contributed by atoms with Crippen LogP contribution in [0.4, 0.5) is 13.2 Å². The zero-order chi connectivity index (χ0) is 51.6. The zero-order valence-corrected chi connectivity index (χ0v) is 38.7. The van der Waals surface area contributed by atoms with Crippen molar-refractivity contribution in [2.24, 2.45) is 0 Å². The van der Waals surface area contributed by atoms with Gasteiger partial charge in [-0.05, 0) is 12.8 Å². The van der Waals surface area contributed by atoms with E-state index < -0.39 is 167 Å². The number of hydrogen-bond donors (Lipinski definition) is 14. The van der Waals surface area contributed by atoms with Crippen molar-refractivity contribution in [3.63, 3.8) is 0 Å². The van der Waals surface area contributed by atoms with Crippen molar-refractivity contribution in [3.8, 4) is 0 Å². The summed E-state index contributed by atoms with van der Waals surface area (Å²) >= 11 is 0. The van der Waals surface area contributed by atoms with Gasteiger partial charge in [0.15, 0.2) is 12.6 Å².